The highest BCUT2D eigenvalue weighted by Gasteiger charge is 2.19. The van der Waals surface area contributed by atoms with Gasteiger partial charge in [-0.15, -0.1) is 0 Å². The third kappa shape index (κ3) is 3.74. The van der Waals surface area contributed by atoms with Crippen molar-refractivity contribution in [1.82, 2.24) is 0 Å². The van der Waals surface area contributed by atoms with E-state index in [-0.39, 0.29) is 11.8 Å². The predicted octanol–water partition coefficient (Wildman–Crippen LogP) is 3.05. The molecule has 0 atom stereocenters. The summed E-state index contributed by atoms with van der Waals surface area (Å²) in [5.74, 6) is 0.406. The number of amides is 2. The molecule has 1 saturated heterocycles. The molecule has 0 aliphatic carbocycles. The summed E-state index contributed by atoms with van der Waals surface area (Å²) in [7, 11) is 1.54. The lowest BCUT2D eigenvalue weighted by Gasteiger charge is -2.26. The molecule has 1 aliphatic rings. The van der Waals surface area contributed by atoms with Gasteiger partial charge in [-0.2, -0.15) is 0 Å². The number of methoxy groups -OCH3 is 1. The van der Waals surface area contributed by atoms with Gasteiger partial charge in [0.1, 0.15) is 5.75 Å². The average Bonchev–Trinajstić information content (AvgIpc) is 2.63. The van der Waals surface area contributed by atoms with Crippen LogP contribution in [0.2, 0.25) is 0 Å². The van der Waals surface area contributed by atoms with Crippen LogP contribution >= 0.6 is 0 Å². The third-order valence-electron chi connectivity index (χ3n) is 4.27. The summed E-state index contributed by atoms with van der Waals surface area (Å²) in [4.78, 5) is 26.2. The summed E-state index contributed by atoms with van der Waals surface area (Å²) in [6.45, 7) is 0.741. The molecular formula is C19H21N3O3. The molecule has 0 saturated carbocycles. The van der Waals surface area contributed by atoms with Crippen molar-refractivity contribution in [2.45, 2.75) is 19.3 Å². The van der Waals surface area contributed by atoms with Gasteiger partial charge in [-0.25, -0.2) is 0 Å². The van der Waals surface area contributed by atoms with Crippen molar-refractivity contribution in [2.24, 2.45) is 0 Å². The van der Waals surface area contributed by atoms with Crippen LogP contribution in [0.5, 0.6) is 5.75 Å². The molecule has 0 radical (unpaired) electrons. The second-order valence-corrected chi connectivity index (χ2v) is 5.96. The molecule has 3 rings (SSSR count). The number of piperidine rings is 1. The standard InChI is InChI=1S/C19H21N3O3/c1-25-15-9-10-17(20)16(12-15)19(24)21-13-5-7-14(8-6-13)22-11-3-2-4-18(22)23/h5-10,12H,2-4,11,20H2,1H3,(H,21,24). The first-order chi connectivity index (χ1) is 12.1. The Bertz CT molecular complexity index is 787. The van der Waals surface area contributed by atoms with E-state index in [1.54, 1.807) is 35.2 Å². The Morgan fingerprint density at radius 1 is 1.16 bits per heavy atom. The zero-order valence-corrected chi connectivity index (χ0v) is 14.1. The van der Waals surface area contributed by atoms with Crippen molar-refractivity contribution in [3.05, 3.63) is 48.0 Å². The Morgan fingerprint density at radius 2 is 1.92 bits per heavy atom. The molecule has 25 heavy (non-hydrogen) atoms. The third-order valence-corrected chi connectivity index (χ3v) is 4.27. The molecule has 6 nitrogen and oxygen atoms in total. The van der Waals surface area contributed by atoms with E-state index in [9.17, 15) is 9.59 Å². The van der Waals surface area contributed by atoms with Gasteiger partial charge in [-0.1, -0.05) is 0 Å². The number of benzene rings is 2. The Labute approximate surface area is 146 Å². The van der Waals surface area contributed by atoms with Gasteiger partial charge in [0.25, 0.3) is 5.91 Å². The molecular weight excluding hydrogens is 318 g/mol. The quantitative estimate of drug-likeness (QED) is 0.839. The second-order valence-electron chi connectivity index (χ2n) is 5.96. The molecule has 2 aromatic rings. The summed E-state index contributed by atoms with van der Waals surface area (Å²) >= 11 is 0. The van der Waals surface area contributed by atoms with E-state index in [1.165, 1.54) is 7.11 Å². The molecule has 0 spiro atoms. The highest BCUT2D eigenvalue weighted by Crippen LogP contribution is 2.24. The summed E-state index contributed by atoms with van der Waals surface area (Å²) in [5.41, 5.74) is 8.10. The molecule has 1 heterocycles. The fourth-order valence-corrected chi connectivity index (χ4v) is 2.86. The van der Waals surface area contributed by atoms with Gasteiger partial charge in [0, 0.05) is 30.0 Å². The number of nitrogens with zero attached hydrogens (tertiary/aromatic N) is 1. The van der Waals surface area contributed by atoms with Crippen LogP contribution in [0.3, 0.4) is 0 Å². The Balaban J connectivity index is 1.73. The lowest BCUT2D eigenvalue weighted by molar-refractivity contribution is -0.119. The molecule has 2 aromatic carbocycles. The van der Waals surface area contributed by atoms with Crippen LogP contribution in [0.1, 0.15) is 29.6 Å². The van der Waals surface area contributed by atoms with Crippen LogP contribution in [0, 0.1) is 0 Å². The zero-order valence-electron chi connectivity index (χ0n) is 14.1. The van der Waals surface area contributed by atoms with E-state index in [2.05, 4.69) is 5.32 Å². The number of hydrogen-bond acceptors (Lipinski definition) is 4. The molecule has 1 aliphatic heterocycles. The van der Waals surface area contributed by atoms with Gasteiger partial charge in [0.05, 0.1) is 12.7 Å². The van der Waals surface area contributed by atoms with Crippen LogP contribution in [0.25, 0.3) is 0 Å². The summed E-state index contributed by atoms with van der Waals surface area (Å²) in [6, 6.07) is 12.2. The van der Waals surface area contributed by atoms with Crippen LogP contribution in [-0.2, 0) is 4.79 Å². The average molecular weight is 339 g/mol. The van der Waals surface area contributed by atoms with E-state index in [1.807, 2.05) is 12.1 Å². The number of carbonyl (C=O) groups excluding carboxylic acids is 2. The van der Waals surface area contributed by atoms with Crippen molar-refractivity contribution in [2.75, 3.05) is 29.6 Å². The lowest BCUT2D eigenvalue weighted by atomic mass is 10.1. The molecule has 130 valence electrons. The maximum atomic E-state index is 12.4. The van der Waals surface area contributed by atoms with Crippen LogP contribution in [0.4, 0.5) is 17.1 Å². The fraction of sp³-hybridized carbons (Fsp3) is 0.263. The smallest absolute Gasteiger partial charge is 0.257 e. The lowest BCUT2D eigenvalue weighted by Crippen LogP contribution is -2.35. The molecule has 0 unspecified atom stereocenters. The first-order valence-corrected chi connectivity index (χ1v) is 8.24. The number of rotatable bonds is 4. The minimum Gasteiger partial charge on any atom is -0.497 e. The van der Waals surface area contributed by atoms with Crippen molar-refractivity contribution in [1.29, 1.82) is 0 Å². The highest BCUT2D eigenvalue weighted by atomic mass is 16.5. The van der Waals surface area contributed by atoms with Gasteiger partial charge in [0.15, 0.2) is 0 Å². The summed E-state index contributed by atoms with van der Waals surface area (Å²) in [6.07, 6.45) is 2.55. The number of nitrogen functional groups attached to an aromatic ring is 1. The van der Waals surface area contributed by atoms with Crippen LogP contribution < -0.4 is 20.7 Å². The minimum absolute atomic E-state index is 0.146. The first-order valence-electron chi connectivity index (χ1n) is 8.24. The Morgan fingerprint density at radius 3 is 2.60 bits per heavy atom. The molecule has 2 amide bonds. The van der Waals surface area contributed by atoms with Crippen LogP contribution in [0.15, 0.2) is 42.5 Å². The van der Waals surface area contributed by atoms with Gasteiger partial charge >= 0.3 is 0 Å². The molecule has 0 aromatic heterocycles. The SMILES string of the molecule is COc1ccc(N)c(C(=O)Nc2ccc(N3CCCCC3=O)cc2)c1. The van der Waals surface area contributed by atoms with E-state index in [4.69, 9.17) is 10.5 Å². The minimum atomic E-state index is -0.307. The zero-order chi connectivity index (χ0) is 17.8. The number of anilines is 3. The second kappa shape index (κ2) is 7.25. The summed E-state index contributed by atoms with van der Waals surface area (Å²) < 4.78 is 5.13. The van der Waals surface area contributed by atoms with E-state index >= 15 is 0 Å². The van der Waals surface area contributed by atoms with Gasteiger partial charge < -0.3 is 20.7 Å². The number of nitrogens with two attached hydrogens (primary N) is 1. The fourth-order valence-electron chi connectivity index (χ4n) is 2.86. The molecule has 0 bridgehead atoms. The maximum absolute atomic E-state index is 12.4. The topological polar surface area (TPSA) is 84.7 Å². The Kier molecular flexibility index (Phi) is 4.88. The van der Waals surface area contributed by atoms with Gasteiger partial charge in [-0.3, -0.25) is 9.59 Å². The van der Waals surface area contributed by atoms with E-state index < -0.39 is 0 Å². The highest BCUT2D eigenvalue weighted by molar-refractivity contribution is 6.08. The van der Waals surface area contributed by atoms with Gasteiger partial charge in [-0.05, 0) is 55.3 Å². The van der Waals surface area contributed by atoms with Crippen molar-refractivity contribution in [3.63, 3.8) is 0 Å². The number of hydrogen-bond donors (Lipinski definition) is 2. The monoisotopic (exact) mass is 339 g/mol. The van der Waals surface area contributed by atoms with Crippen molar-refractivity contribution < 1.29 is 14.3 Å². The van der Waals surface area contributed by atoms with Crippen LogP contribution in [-0.4, -0.2) is 25.5 Å². The summed E-state index contributed by atoms with van der Waals surface area (Å²) in [5, 5.41) is 2.81. The molecule has 3 N–H and O–H groups in total. The van der Waals surface area contributed by atoms with E-state index in [0.29, 0.717) is 29.1 Å². The number of nitrogens with one attached hydrogen (secondary N) is 1. The predicted molar refractivity (Wildman–Crippen MR) is 98.0 cm³/mol. The van der Waals surface area contributed by atoms with Gasteiger partial charge in [0.2, 0.25) is 5.91 Å². The maximum Gasteiger partial charge on any atom is 0.257 e. The first kappa shape index (κ1) is 16.8. The number of ether oxygens (including phenoxy) is 1. The largest absolute Gasteiger partial charge is 0.497 e. The molecule has 1 fully saturated rings. The normalized spacial score (nSPS) is 14.3. The Hall–Kier alpha value is -3.02. The number of carbonyl (C=O) groups is 2. The molecule has 6 heteroatoms. The van der Waals surface area contributed by atoms with E-state index in [0.717, 1.165) is 25.1 Å². The van der Waals surface area contributed by atoms with Crippen molar-refractivity contribution >= 4 is 28.9 Å². The van der Waals surface area contributed by atoms with Crippen molar-refractivity contribution in [3.8, 4) is 5.75 Å².